The number of amides is 3. The van der Waals surface area contributed by atoms with E-state index in [1.807, 2.05) is 84.9 Å². The number of carbonyl (C=O) groups excluding carboxylic acids is 4. The Balaban J connectivity index is 1.37. The van der Waals surface area contributed by atoms with E-state index in [1.54, 1.807) is 17.9 Å². The van der Waals surface area contributed by atoms with Crippen LogP contribution >= 0.6 is 15.9 Å². The Bertz CT molecular complexity index is 1850. The van der Waals surface area contributed by atoms with Crippen LogP contribution in [0.5, 0.6) is 0 Å². The molecule has 2 fully saturated rings. The molecule has 49 heavy (non-hydrogen) atoms. The number of ether oxygens (including phenoxy) is 2. The Morgan fingerprint density at radius 3 is 2.51 bits per heavy atom. The van der Waals surface area contributed by atoms with Crippen LogP contribution in [0.25, 0.3) is 10.8 Å². The van der Waals surface area contributed by atoms with Crippen molar-refractivity contribution >= 4 is 56.1 Å². The molecule has 5 bridgehead atoms. The number of fused-ring (bicyclic) bond motifs is 3. The van der Waals surface area contributed by atoms with Crippen LogP contribution in [0.2, 0.25) is 0 Å². The zero-order valence-corrected chi connectivity index (χ0v) is 28.6. The molecule has 4 aliphatic heterocycles. The molecule has 0 unspecified atom stereocenters. The molecule has 11 heteroatoms. The second-order valence-corrected chi connectivity index (χ2v) is 14.1. The molecule has 3 aromatic carbocycles. The van der Waals surface area contributed by atoms with Crippen LogP contribution < -0.4 is 10.2 Å². The number of likely N-dealkylation sites (tertiary alicyclic amines) is 1. The third-order valence-electron chi connectivity index (χ3n) is 10.00. The van der Waals surface area contributed by atoms with Gasteiger partial charge in [0.2, 0.25) is 11.8 Å². The number of carbonyl (C=O) groups is 4. The average molecular weight is 729 g/mol. The zero-order valence-electron chi connectivity index (χ0n) is 27.0. The molecule has 0 saturated carbocycles. The molecule has 3 amide bonds. The number of allylic oxidation sites excluding steroid dienone is 1. The monoisotopic (exact) mass is 727 g/mol. The number of anilines is 1. The van der Waals surface area contributed by atoms with E-state index in [4.69, 9.17) is 9.47 Å². The van der Waals surface area contributed by atoms with Gasteiger partial charge < -0.3 is 29.7 Å². The minimum atomic E-state index is -1.50. The van der Waals surface area contributed by atoms with Gasteiger partial charge in [0.25, 0.3) is 5.91 Å². The number of benzene rings is 3. The van der Waals surface area contributed by atoms with Crippen molar-refractivity contribution in [3.8, 4) is 0 Å². The smallest absolute Gasteiger partial charge is 0.313 e. The van der Waals surface area contributed by atoms with Crippen molar-refractivity contribution in [1.29, 1.82) is 0 Å². The van der Waals surface area contributed by atoms with Gasteiger partial charge in [-0.3, -0.25) is 19.2 Å². The maximum absolute atomic E-state index is 15.3. The molecule has 0 aliphatic carbocycles. The number of hydrogen-bond donors (Lipinski definition) is 2. The highest BCUT2D eigenvalue weighted by atomic mass is 79.9. The molecule has 7 rings (SSSR count). The summed E-state index contributed by atoms with van der Waals surface area (Å²) in [5.74, 6) is -3.83. The summed E-state index contributed by atoms with van der Waals surface area (Å²) >= 11 is 3.59. The Morgan fingerprint density at radius 1 is 0.980 bits per heavy atom. The molecule has 254 valence electrons. The van der Waals surface area contributed by atoms with Crippen LogP contribution in [0.1, 0.15) is 25.3 Å². The summed E-state index contributed by atoms with van der Waals surface area (Å²) in [6.45, 7) is 1.53. The van der Waals surface area contributed by atoms with Gasteiger partial charge in [-0.2, -0.15) is 0 Å². The summed E-state index contributed by atoms with van der Waals surface area (Å²) in [4.78, 5) is 59.6. The van der Waals surface area contributed by atoms with Gasteiger partial charge in [-0.05, 0) is 54.3 Å². The van der Waals surface area contributed by atoms with Gasteiger partial charge in [0.15, 0.2) is 0 Å². The van der Waals surface area contributed by atoms with Gasteiger partial charge in [0.05, 0.1) is 25.1 Å². The van der Waals surface area contributed by atoms with Crippen molar-refractivity contribution in [2.75, 3.05) is 24.6 Å². The molecule has 4 heterocycles. The fourth-order valence-electron chi connectivity index (χ4n) is 7.73. The summed E-state index contributed by atoms with van der Waals surface area (Å²) in [5.41, 5.74) is -0.0109. The molecule has 1 spiro atoms. The van der Waals surface area contributed by atoms with Crippen LogP contribution in [0, 0.1) is 11.8 Å². The van der Waals surface area contributed by atoms with E-state index in [0.29, 0.717) is 16.6 Å². The number of nitrogens with zero attached hydrogens (tertiary/aromatic N) is 2. The third kappa shape index (κ3) is 5.98. The minimum absolute atomic E-state index is 0.111. The Labute approximate surface area is 292 Å². The van der Waals surface area contributed by atoms with Gasteiger partial charge in [0, 0.05) is 23.1 Å². The molecule has 0 aromatic heterocycles. The van der Waals surface area contributed by atoms with E-state index >= 15 is 4.79 Å². The Hall–Kier alpha value is -4.32. The highest BCUT2D eigenvalue weighted by molar-refractivity contribution is 9.11. The van der Waals surface area contributed by atoms with Crippen LogP contribution in [-0.4, -0.2) is 83.3 Å². The lowest BCUT2D eigenvalue weighted by atomic mass is 9.74. The first-order valence-electron chi connectivity index (χ1n) is 16.7. The van der Waals surface area contributed by atoms with Gasteiger partial charge in [0.1, 0.15) is 29.8 Å². The molecular weight excluding hydrogens is 690 g/mol. The van der Waals surface area contributed by atoms with Gasteiger partial charge in [-0.1, -0.05) is 88.7 Å². The van der Waals surface area contributed by atoms with Crippen LogP contribution in [-0.2, 0) is 35.1 Å². The number of hydrogen-bond acceptors (Lipinski definition) is 7. The van der Waals surface area contributed by atoms with Crippen molar-refractivity contribution in [3.05, 3.63) is 101 Å². The van der Waals surface area contributed by atoms with Crippen LogP contribution in [0.3, 0.4) is 0 Å². The largest absolute Gasteiger partial charge is 0.460 e. The first-order chi connectivity index (χ1) is 23.7. The average Bonchev–Trinajstić information content (AvgIpc) is 3.70. The molecule has 10 nitrogen and oxygen atoms in total. The minimum Gasteiger partial charge on any atom is -0.460 e. The third-order valence-corrected chi connectivity index (χ3v) is 10.7. The number of halogens is 1. The van der Waals surface area contributed by atoms with E-state index in [9.17, 15) is 19.5 Å². The van der Waals surface area contributed by atoms with E-state index in [-0.39, 0.29) is 31.8 Å². The Kier molecular flexibility index (Phi) is 9.17. The standard InChI is InChI=1S/C38H38BrN3O7/c1-23-21-40-30(44)14-6-3-9-17-41(27-16-15-25-12-7-8-13-26(25)19-27)36(46)34-38-20-29(39)33(49-38)31(37(47)48-23)32(38)35(45)42(34)28(22-43)18-24-10-4-2-5-11-24/h2-5,7-13,15-16,19-20,23,28,31-34,43H,6,14,17-18,21-22H2,1H3,(H,40,44)/b9-3-/t23-,28-,31+,32-,33+,34+,38-/m1/s1. The van der Waals surface area contributed by atoms with Crippen LogP contribution in [0.15, 0.2) is 95.5 Å². The topological polar surface area (TPSA) is 125 Å². The Morgan fingerprint density at radius 2 is 1.73 bits per heavy atom. The van der Waals surface area contributed by atoms with Crippen LogP contribution in [0.4, 0.5) is 5.69 Å². The van der Waals surface area contributed by atoms with Crippen molar-refractivity contribution in [1.82, 2.24) is 10.2 Å². The van der Waals surface area contributed by atoms with Gasteiger partial charge >= 0.3 is 5.97 Å². The molecule has 3 aromatic rings. The molecular formula is C38H38BrN3O7. The summed E-state index contributed by atoms with van der Waals surface area (Å²) in [6.07, 6.45) is 4.90. The second-order valence-electron chi connectivity index (χ2n) is 13.1. The second kappa shape index (κ2) is 13.5. The highest BCUT2D eigenvalue weighted by Crippen LogP contribution is 2.59. The van der Waals surface area contributed by atoms with E-state index in [1.165, 1.54) is 4.90 Å². The number of rotatable bonds is 5. The van der Waals surface area contributed by atoms with E-state index < -0.39 is 66.1 Å². The molecule has 4 aliphatic rings. The van der Waals surface area contributed by atoms with Crippen molar-refractivity contribution in [2.24, 2.45) is 11.8 Å². The van der Waals surface area contributed by atoms with Gasteiger partial charge in [-0.25, -0.2) is 0 Å². The number of cyclic esters (lactones) is 1. The first-order valence-corrected chi connectivity index (χ1v) is 17.5. The number of esters is 1. The fraction of sp³-hybridized carbons (Fsp3) is 0.368. The summed E-state index contributed by atoms with van der Waals surface area (Å²) in [5, 5.41) is 15.6. The lowest BCUT2D eigenvalue weighted by Crippen LogP contribution is -2.59. The lowest BCUT2D eigenvalue weighted by Gasteiger charge is -2.39. The van der Waals surface area contributed by atoms with Crippen molar-refractivity contribution in [3.63, 3.8) is 0 Å². The molecule has 2 saturated heterocycles. The van der Waals surface area contributed by atoms with Crippen molar-refractivity contribution in [2.45, 2.75) is 56.1 Å². The summed E-state index contributed by atoms with van der Waals surface area (Å²) in [7, 11) is 0. The molecule has 2 N–H and O–H groups in total. The number of aliphatic hydroxyl groups excluding tert-OH is 1. The first kappa shape index (κ1) is 33.2. The molecule has 0 radical (unpaired) electrons. The van der Waals surface area contributed by atoms with Gasteiger partial charge in [-0.15, -0.1) is 0 Å². The summed E-state index contributed by atoms with van der Waals surface area (Å²) < 4.78 is 13.0. The van der Waals surface area contributed by atoms with Crippen molar-refractivity contribution < 1.29 is 33.8 Å². The normalized spacial score (nSPS) is 30.2. The van der Waals surface area contributed by atoms with E-state index in [2.05, 4.69) is 21.2 Å². The lowest BCUT2D eigenvalue weighted by molar-refractivity contribution is -0.159. The highest BCUT2D eigenvalue weighted by Gasteiger charge is 2.75. The predicted molar refractivity (Wildman–Crippen MR) is 186 cm³/mol. The fourth-order valence-corrected chi connectivity index (χ4v) is 8.46. The predicted octanol–water partition coefficient (Wildman–Crippen LogP) is 4.05. The maximum Gasteiger partial charge on any atom is 0.313 e. The maximum atomic E-state index is 15.3. The summed E-state index contributed by atoms with van der Waals surface area (Å²) in [6, 6.07) is 21.1. The zero-order chi connectivity index (χ0) is 34.3. The quantitative estimate of drug-likeness (QED) is 0.300. The number of aliphatic hydroxyl groups is 1. The SMILES string of the molecule is C[C@@H]1CNC(=O)CC/C=C\CN(c2ccc3ccccc3c2)C(=O)[C@@H]2N([C@@H](CO)Cc3ccccc3)C(=O)[C@H]3[C@H](C(=O)O1)[C@H]1O[C@@]23C=C1Br. The molecule has 7 atom stereocenters. The van der Waals surface area contributed by atoms with E-state index in [0.717, 1.165) is 16.3 Å². The number of nitrogens with one attached hydrogen (secondary N) is 1.